The zero-order valence-corrected chi connectivity index (χ0v) is 26.4. The number of carbonyl (C=O) groups is 4. The highest BCUT2D eigenvalue weighted by molar-refractivity contribution is 9.15. The van der Waals surface area contributed by atoms with Gasteiger partial charge in [-0.25, -0.2) is 4.79 Å². The number of ether oxygens (including phenoxy) is 1. The van der Waals surface area contributed by atoms with Crippen molar-refractivity contribution in [1.82, 2.24) is 4.90 Å². The summed E-state index contributed by atoms with van der Waals surface area (Å²) in [5, 5.41) is 2.85. The molecular weight excluding hydrogens is 728 g/mol. The Hall–Kier alpha value is -1.56. The molecule has 3 amide bonds. The van der Waals surface area contributed by atoms with E-state index < -0.39 is 42.3 Å². The number of esters is 1. The average Bonchev–Trinajstić information content (AvgIpc) is 3.10. The number of halogens is 4. The minimum atomic E-state index is -1.21. The molecule has 0 unspecified atom stereocenters. The van der Waals surface area contributed by atoms with Gasteiger partial charge in [0.2, 0.25) is 0 Å². The highest BCUT2D eigenvalue weighted by Gasteiger charge is 2.48. The molecule has 1 heterocycles. The number of hydrogen-bond acceptors (Lipinski definition) is 5. The van der Waals surface area contributed by atoms with Gasteiger partial charge in [0.25, 0.3) is 17.7 Å². The van der Waals surface area contributed by atoms with Gasteiger partial charge in [0.05, 0.1) is 11.1 Å². The Balaban J connectivity index is 1.82. The Morgan fingerprint density at radius 3 is 1.78 bits per heavy atom. The molecule has 11 heteroatoms. The van der Waals surface area contributed by atoms with Gasteiger partial charge >= 0.3 is 5.97 Å². The highest BCUT2D eigenvalue weighted by Crippen LogP contribution is 2.46. The molecule has 2 aromatic rings. The quantitative estimate of drug-likeness (QED) is 0.141. The van der Waals surface area contributed by atoms with Gasteiger partial charge in [-0.15, -0.1) is 0 Å². The Bertz CT molecular complexity index is 1190. The lowest BCUT2D eigenvalue weighted by atomic mass is 10.0. The van der Waals surface area contributed by atoms with Crippen molar-refractivity contribution in [3.05, 3.63) is 58.3 Å². The summed E-state index contributed by atoms with van der Waals surface area (Å²) in [5.41, 5.74) is 2.96. The van der Waals surface area contributed by atoms with Gasteiger partial charge in [-0.05, 0) is 93.6 Å². The molecule has 0 spiro atoms. The fourth-order valence-electron chi connectivity index (χ4n) is 4.10. The van der Waals surface area contributed by atoms with Gasteiger partial charge < -0.3 is 10.1 Å². The van der Waals surface area contributed by atoms with Crippen LogP contribution >= 0.6 is 63.7 Å². The maximum atomic E-state index is 13.3. The first-order valence-electron chi connectivity index (χ1n) is 11.3. The summed E-state index contributed by atoms with van der Waals surface area (Å²) in [6, 6.07) is 4.60. The minimum absolute atomic E-state index is 0.140. The van der Waals surface area contributed by atoms with Crippen molar-refractivity contribution in [2.75, 3.05) is 11.9 Å². The third-order valence-electron chi connectivity index (χ3n) is 5.89. The lowest BCUT2D eigenvalue weighted by molar-refractivity contribution is -0.152. The zero-order valence-electron chi connectivity index (χ0n) is 20.0. The Morgan fingerprint density at radius 2 is 1.36 bits per heavy atom. The van der Waals surface area contributed by atoms with Crippen LogP contribution in [0.2, 0.25) is 0 Å². The SMILES string of the molecule is CCc1cccc(CC)c1NC(=O)COC(=O)[C@H](C(C)C)N1C(=O)c2c(Br)c(Br)c(Br)c(Br)c2C1=O. The summed E-state index contributed by atoms with van der Waals surface area (Å²) < 4.78 is 7.21. The summed E-state index contributed by atoms with van der Waals surface area (Å²) in [7, 11) is 0. The van der Waals surface area contributed by atoms with E-state index in [0.717, 1.165) is 34.6 Å². The molecule has 2 aromatic carbocycles. The number of amides is 3. The summed E-state index contributed by atoms with van der Waals surface area (Å²) in [5.74, 6) is -3.04. The van der Waals surface area contributed by atoms with Crippen LogP contribution in [0.1, 0.15) is 59.5 Å². The van der Waals surface area contributed by atoms with Crippen molar-refractivity contribution in [3.63, 3.8) is 0 Å². The van der Waals surface area contributed by atoms with E-state index in [0.29, 0.717) is 17.9 Å². The predicted molar refractivity (Wildman–Crippen MR) is 151 cm³/mol. The normalized spacial score (nSPS) is 13.8. The lowest BCUT2D eigenvalue weighted by Gasteiger charge is -2.27. The van der Waals surface area contributed by atoms with Crippen LogP contribution in [0.5, 0.6) is 0 Å². The largest absolute Gasteiger partial charge is 0.454 e. The number of nitrogens with zero attached hydrogens (tertiary/aromatic N) is 1. The van der Waals surface area contributed by atoms with E-state index in [1.807, 2.05) is 32.0 Å². The third-order valence-corrected chi connectivity index (χ3v) is 10.7. The highest BCUT2D eigenvalue weighted by atomic mass is 79.9. The first-order valence-corrected chi connectivity index (χ1v) is 14.4. The molecule has 0 saturated carbocycles. The van der Waals surface area contributed by atoms with Gasteiger partial charge in [0.15, 0.2) is 6.61 Å². The molecule has 0 saturated heterocycles. The molecule has 1 aliphatic heterocycles. The zero-order chi connectivity index (χ0) is 26.9. The van der Waals surface area contributed by atoms with Crippen LogP contribution in [-0.2, 0) is 27.2 Å². The molecule has 1 N–H and O–H groups in total. The number of benzene rings is 2. The third kappa shape index (κ3) is 5.35. The van der Waals surface area contributed by atoms with E-state index >= 15 is 0 Å². The fraction of sp³-hybridized carbons (Fsp3) is 0.360. The number of hydrogen-bond donors (Lipinski definition) is 1. The maximum Gasteiger partial charge on any atom is 0.330 e. The molecule has 0 bridgehead atoms. The van der Waals surface area contributed by atoms with Crippen LogP contribution in [-0.4, -0.2) is 41.2 Å². The van der Waals surface area contributed by atoms with Crippen molar-refractivity contribution in [3.8, 4) is 0 Å². The number of imide groups is 1. The molecule has 0 aliphatic carbocycles. The predicted octanol–water partition coefficient (Wildman–Crippen LogP) is 6.66. The summed E-state index contributed by atoms with van der Waals surface area (Å²) in [6.07, 6.45) is 1.46. The van der Waals surface area contributed by atoms with E-state index in [2.05, 4.69) is 69.0 Å². The van der Waals surface area contributed by atoms with Gasteiger partial charge in [-0.1, -0.05) is 45.9 Å². The van der Waals surface area contributed by atoms with Crippen LogP contribution in [0.4, 0.5) is 5.69 Å². The standard InChI is InChI=1S/C25H24Br4N2O5/c1-5-12-8-7-9-13(6-2)21(12)30-14(32)10-36-25(35)22(11(3)4)31-23(33)15-16(24(31)34)18(27)20(29)19(28)17(15)26/h7-9,11,22H,5-6,10H2,1-4H3,(H,30,32)/t22-/m0/s1. The molecule has 192 valence electrons. The van der Waals surface area contributed by atoms with E-state index in [9.17, 15) is 19.2 Å². The maximum absolute atomic E-state index is 13.3. The van der Waals surface area contributed by atoms with Gasteiger partial charge in [0.1, 0.15) is 6.04 Å². The van der Waals surface area contributed by atoms with E-state index in [-0.39, 0.29) is 11.1 Å². The molecule has 0 aromatic heterocycles. The van der Waals surface area contributed by atoms with Gasteiger partial charge in [-0.2, -0.15) is 0 Å². The first kappa shape index (κ1) is 29.0. The topological polar surface area (TPSA) is 92.8 Å². The fourth-order valence-corrected chi connectivity index (χ4v) is 6.55. The van der Waals surface area contributed by atoms with Gasteiger partial charge in [-0.3, -0.25) is 19.3 Å². The monoisotopic (exact) mass is 748 g/mol. The van der Waals surface area contributed by atoms with E-state index in [1.165, 1.54) is 0 Å². The second kappa shape index (κ2) is 11.9. The van der Waals surface area contributed by atoms with Crippen molar-refractivity contribution in [2.24, 2.45) is 5.92 Å². The van der Waals surface area contributed by atoms with Crippen LogP contribution in [0.25, 0.3) is 0 Å². The number of anilines is 1. The van der Waals surface area contributed by atoms with Crippen molar-refractivity contribution >= 4 is 93.1 Å². The molecule has 1 aliphatic rings. The lowest BCUT2D eigenvalue weighted by Crippen LogP contribution is -2.49. The smallest absolute Gasteiger partial charge is 0.330 e. The number of carbonyl (C=O) groups excluding carboxylic acids is 4. The minimum Gasteiger partial charge on any atom is -0.454 e. The Labute approximate surface area is 243 Å². The van der Waals surface area contributed by atoms with Crippen molar-refractivity contribution in [2.45, 2.75) is 46.6 Å². The van der Waals surface area contributed by atoms with Crippen LogP contribution in [0, 0.1) is 5.92 Å². The van der Waals surface area contributed by atoms with Crippen molar-refractivity contribution in [1.29, 1.82) is 0 Å². The van der Waals surface area contributed by atoms with Gasteiger partial charge in [0, 0.05) is 23.6 Å². The number of fused-ring (bicyclic) bond motifs is 1. The molecule has 1 atom stereocenters. The number of rotatable bonds is 8. The number of para-hydroxylation sites is 1. The Morgan fingerprint density at radius 1 is 0.889 bits per heavy atom. The molecular formula is C25H24Br4N2O5. The van der Waals surface area contributed by atoms with E-state index in [1.54, 1.807) is 13.8 Å². The first-order chi connectivity index (χ1) is 17.0. The van der Waals surface area contributed by atoms with Crippen LogP contribution in [0.15, 0.2) is 36.1 Å². The van der Waals surface area contributed by atoms with Crippen LogP contribution in [0.3, 0.4) is 0 Å². The molecule has 0 radical (unpaired) electrons. The summed E-state index contributed by atoms with van der Waals surface area (Å²) >= 11 is 13.5. The summed E-state index contributed by atoms with van der Waals surface area (Å²) in [6.45, 7) is 6.85. The molecule has 36 heavy (non-hydrogen) atoms. The van der Waals surface area contributed by atoms with E-state index in [4.69, 9.17) is 4.74 Å². The van der Waals surface area contributed by atoms with Crippen molar-refractivity contribution < 1.29 is 23.9 Å². The summed E-state index contributed by atoms with van der Waals surface area (Å²) in [4.78, 5) is 53.4. The second-order valence-electron chi connectivity index (χ2n) is 8.49. The second-order valence-corrected chi connectivity index (χ2v) is 11.7. The number of nitrogens with one attached hydrogen (secondary N) is 1. The average molecular weight is 752 g/mol. The molecule has 0 fully saturated rings. The molecule has 3 rings (SSSR count). The Kier molecular flexibility index (Phi) is 9.57. The molecule has 7 nitrogen and oxygen atoms in total. The number of aryl methyl sites for hydroxylation is 2. The van der Waals surface area contributed by atoms with Crippen LogP contribution < -0.4 is 5.32 Å².